The predicted octanol–water partition coefficient (Wildman–Crippen LogP) is 4.63. The molecule has 1 fully saturated rings. The number of halogens is 1. The van der Waals surface area contributed by atoms with Crippen molar-refractivity contribution in [2.45, 2.75) is 31.8 Å². The maximum atomic E-state index is 6.17. The van der Waals surface area contributed by atoms with Crippen LogP contribution in [-0.2, 0) is 9.47 Å². The Balaban J connectivity index is 1.73. The summed E-state index contributed by atoms with van der Waals surface area (Å²) in [4.78, 5) is 0. The summed E-state index contributed by atoms with van der Waals surface area (Å²) in [5.74, 6) is -0.629. The van der Waals surface area contributed by atoms with Crippen LogP contribution in [0, 0.1) is 0 Å². The summed E-state index contributed by atoms with van der Waals surface area (Å²) in [6.07, 6.45) is -0.149. The zero-order valence-electron chi connectivity index (χ0n) is 14.2. The molecule has 0 amide bonds. The van der Waals surface area contributed by atoms with Crippen molar-refractivity contribution in [1.29, 1.82) is 0 Å². The standard InChI is InChI=1S/C19H21BrN2O2S/c1-19(2)23-12-16(17(24-19)13-8-4-3-5-9-13)22-18(25)21-15-11-7-6-10-14(15)20/h3-11,16-17H,12H2,1-2H3,(H2,21,22,25)/t16-,17-/m0/s1. The van der Waals surface area contributed by atoms with E-state index in [1.807, 2.05) is 56.3 Å². The molecule has 25 heavy (non-hydrogen) atoms. The van der Waals surface area contributed by atoms with Crippen LogP contribution in [0.4, 0.5) is 5.69 Å². The fraction of sp³-hybridized carbons (Fsp3) is 0.316. The van der Waals surface area contributed by atoms with E-state index < -0.39 is 5.79 Å². The van der Waals surface area contributed by atoms with Crippen molar-refractivity contribution in [2.24, 2.45) is 0 Å². The van der Waals surface area contributed by atoms with E-state index in [-0.39, 0.29) is 12.1 Å². The smallest absolute Gasteiger partial charge is 0.171 e. The van der Waals surface area contributed by atoms with Gasteiger partial charge in [-0.2, -0.15) is 0 Å². The van der Waals surface area contributed by atoms with Gasteiger partial charge in [0.15, 0.2) is 10.9 Å². The molecule has 0 spiro atoms. The second-order valence-corrected chi connectivity index (χ2v) is 7.61. The van der Waals surface area contributed by atoms with Crippen molar-refractivity contribution in [1.82, 2.24) is 5.32 Å². The van der Waals surface area contributed by atoms with E-state index in [1.54, 1.807) is 0 Å². The quantitative estimate of drug-likeness (QED) is 0.708. The number of thiocarbonyl (C=S) groups is 1. The SMILES string of the molecule is CC1(C)OC[C@H](NC(=S)Nc2ccccc2Br)[C@H](c2ccccc2)O1. The molecule has 0 aliphatic carbocycles. The number of ether oxygens (including phenoxy) is 2. The molecule has 2 aromatic rings. The molecule has 1 heterocycles. The van der Waals surface area contributed by atoms with Crippen molar-refractivity contribution >= 4 is 38.9 Å². The van der Waals surface area contributed by atoms with Crippen molar-refractivity contribution in [3.05, 3.63) is 64.6 Å². The maximum Gasteiger partial charge on any atom is 0.171 e. The third-order valence-electron chi connectivity index (χ3n) is 3.95. The molecule has 2 aromatic carbocycles. The molecule has 0 bridgehead atoms. The number of rotatable bonds is 3. The summed E-state index contributed by atoms with van der Waals surface area (Å²) < 4.78 is 12.9. The zero-order chi connectivity index (χ0) is 17.9. The van der Waals surface area contributed by atoms with E-state index >= 15 is 0 Å². The lowest BCUT2D eigenvalue weighted by Gasteiger charge is -2.41. The minimum Gasteiger partial charge on any atom is -0.354 e. The Kier molecular flexibility index (Phi) is 5.74. The van der Waals surface area contributed by atoms with Crippen LogP contribution in [0.1, 0.15) is 25.5 Å². The van der Waals surface area contributed by atoms with Gasteiger partial charge in [-0.25, -0.2) is 0 Å². The van der Waals surface area contributed by atoms with Crippen molar-refractivity contribution < 1.29 is 9.47 Å². The van der Waals surface area contributed by atoms with Crippen molar-refractivity contribution in [2.75, 3.05) is 11.9 Å². The van der Waals surface area contributed by atoms with Gasteiger partial charge in [0, 0.05) is 4.47 Å². The molecule has 2 N–H and O–H groups in total. The molecular weight excluding hydrogens is 400 g/mol. The summed E-state index contributed by atoms with van der Waals surface area (Å²) in [5.41, 5.74) is 2.01. The minimum atomic E-state index is -0.629. The molecule has 2 atom stereocenters. The lowest BCUT2D eigenvalue weighted by molar-refractivity contribution is -0.283. The van der Waals surface area contributed by atoms with Gasteiger partial charge in [0.2, 0.25) is 0 Å². The lowest BCUT2D eigenvalue weighted by Crippen LogP contribution is -2.52. The first-order valence-electron chi connectivity index (χ1n) is 8.13. The number of benzene rings is 2. The predicted molar refractivity (Wildman–Crippen MR) is 108 cm³/mol. The average Bonchev–Trinajstić information content (AvgIpc) is 2.59. The Morgan fingerprint density at radius 2 is 1.80 bits per heavy atom. The highest BCUT2D eigenvalue weighted by Gasteiger charge is 2.37. The highest BCUT2D eigenvalue weighted by Crippen LogP contribution is 2.33. The Hall–Kier alpha value is -1.47. The molecular formula is C19H21BrN2O2S. The molecule has 1 aliphatic rings. The van der Waals surface area contributed by atoms with Crippen LogP contribution in [-0.4, -0.2) is 23.5 Å². The summed E-state index contributed by atoms with van der Waals surface area (Å²) in [7, 11) is 0. The van der Waals surface area contributed by atoms with Crippen LogP contribution in [0.2, 0.25) is 0 Å². The van der Waals surface area contributed by atoms with Gasteiger partial charge in [-0.1, -0.05) is 42.5 Å². The van der Waals surface area contributed by atoms with E-state index in [0.29, 0.717) is 11.7 Å². The highest BCUT2D eigenvalue weighted by atomic mass is 79.9. The number of para-hydroxylation sites is 1. The molecule has 0 radical (unpaired) electrons. The van der Waals surface area contributed by atoms with Gasteiger partial charge in [0.05, 0.1) is 18.3 Å². The lowest BCUT2D eigenvalue weighted by atomic mass is 10.0. The molecule has 0 unspecified atom stereocenters. The summed E-state index contributed by atoms with van der Waals surface area (Å²) in [5, 5.41) is 7.08. The van der Waals surface area contributed by atoms with Crippen LogP contribution in [0.15, 0.2) is 59.1 Å². The first-order valence-corrected chi connectivity index (χ1v) is 9.33. The fourth-order valence-electron chi connectivity index (χ4n) is 2.75. The van der Waals surface area contributed by atoms with Crippen LogP contribution in [0.3, 0.4) is 0 Å². The Morgan fingerprint density at radius 1 is 1.12 bits per heavy atom. The van der Waals surface area contributed by atoms with Gasteiger partial charge in [-0.05, 0) is 59.7 Å². The van der Waals surface area contributed by atoms with Gasteiger partial charge in [-0.15, -0.1) is 0 Å². The van der Waals surface area contributed by atoms with E-state index in [1.165, 1.54) is 0 Å². The fourth-order valence-corrected chi connectivity index (χ4v) is 3.39. The third-order valence-corrected chi connectivity index (χ3v) is 4.86. The second-order valence-electron chi connectivity index (χ2n) is 6.34. The number of hydrogen-bond acceptors (Lipinski definition) is 3. The third kappa shape index (κ3) is 4.79. The Morgan fingerprint density at radius 3 is 2.52 bits per heavy atom. The summed E-state index contributed by atoms with van der Waals surface area (Å²) in [6, 6.07) is 17.9. The molecule has 0 saturated carbocycles. The first kappa shape index (κ1) is 18.3. The summed E-state index contributed by atoms with van der Waals surface area (Å²) >= 11 is 9.00. The Labute approximate surface area is 162 Å². The first-order chi connectivity index (χ1) is 11.9. The molecule has 0 aromatic heterocycles. The van der Waals surface area contributed by atoms with Crippen LogP contribution in [0.25, 0.3) is 0 Å². The zero-order valence-corrected chi connectivity index (χ0v) is 16.6. The van der Waals surface area contributed by atoms with E-state index in [4.69, 9.17) is 21.7 Å². The topological polar surface area (TPSA) is 42.5 Å². The van der Waals surface area contributed by atoms with E-state index in [0.717, 1.165) is 15.7 Å². The van der Waals surface area contributed by atoms with Crippen molar-refractivity contribution in [3.8, 4) is 0 Å². The average molecular weight is 421 g/mol. The van der Waals surface area contributed by atoms with Crippen LogP contribution in [0.5, 0.6) is 0 Å². The maximum absolute atomic E-state index is 6.17. The minimum absolute atomic E-state index is 0.0853. The van der Waals surface area contributed by atoms with Gasteiger partial charge in [0.1, 0.15) is 6.10 Å². The molecule has 4 nitrogen and oxygen atoms in total. The molecule has 132 valence electrons. The highest BCUT2D eigenvalue weighted by molar-refractivity contribution is 9.10. The van der Waals surface area contributed by atoms with Crippen LogP contribution < -0.4 is 10.6 Å². The van der Waals surface area contributed by atoms with Gasteiger partial charge >= 0.3 is 0 Å². The molecule has 1 saturated heterocycles. The van der Waals surface area contributed by atoms with Crippen LogP contribution >= 0.6 is 28.1 Å². The van der Waals surface area contributed by atoms with E-state index in [9.17, 15) is 0 Å². The largest absolute Gasteiger partial charge is 0.354 e. The van der Waals surface area contributed by atoms with Gasteiger partial charge in [0.25, 0.3) is 0 Å². The Bertz CT molecular complexity index is 739. The molecule has 3 rings (SSSR count). The second kappa shape index (κ2) is 7.83. The summed E-state index contributed by atoms with van der Waals surface area (Å²) in [6.45, 7) is 4.36. The number of hydrogen-bond donors (Lipinski definition) is 2. The van der Waals surface area contributed by atoms with Gasteiger partial charge in [-0.3, -0.25) is 0 Å². The number of anilines is 1. The molecule has 1 aliphatic heterocycles. The number of nitrogens with one attached hydrogen (secondary N) is 2. The van der Waals surface area contributed by atoms with Crippen molar-refractivity contribution in [3.63, 3.8) is 0 Å². The van der Waals surface area contributed by atoms with Gasteiger partial charge < -0.3 is 20.1 Å². The van der Waals surface area contributed by atoms with E-state index in [2.05, 4.69) is 38.7 Å². The monoisotopic (exact) mass is 420 g/mol. The molecule has 6 heteroatoms. The normalized spacial score (nSPS) is 22.2.